The van der Waals surface area contributed by atoms with Crippen LogP contribution in [0.1, 0.15) is 42.7 Å². The molecule has 4 N–H and O–H groups in total. The van der Waals surface area contributed by atoms with Crippen LogP contribution in [-0.4, -0.2) is 63.9 Å². The molecular formula is C21H28ClN5O4. The Labute approximate surface area is 186 Å². The van der Waals surface area contributed by atoms with Gasteiger partial charge in [0.05, 0.1) is 24.9 Å². The van der Waals surface area contributed by atoms with Crippen molar-refractivity contribution in [2.24, 2.45) is 5.90 Å². The van der Waals surface area contributed by atoms with Crippen molar-refractivity contribution in [2.75, 3.05) is 26.2 Å². The van der Waals surface area contributed by atoms with E-state index in [-0.39, 0.29) is 37.6 Å². The highest BCUT2D eigenvalue weighted by Gasteiger charge is 2.33. The van der Waals surface area contributed by atoms with Crippen molar-refractivity contribution in [3.8, 4) is 11.3 Å². The Hall–Kier alpha value is -2.46. The number of hydrogen-bond acceptors (Lipinski definition) is 6. The largest absolute Gasteiger partial charge is 0.394 e. The van der Waals surface area contributed by atoms with Crippen LogP contribution in [0.5, 0.6) is 0 Å². The number of fused-ring (bicyclic) bond motifs is 1. The van der Waals surface area contributed by atoms with Gasteiger partial charge in [0.1, 0.15) is 11.8 Å². The van der Waals surface area contributed by atoms with Gasteiger partial charge < -0.3 is 15.3 Å². The summed E-state index contributed by atoms with van der Waals surface area (Å²) in [5.41, 5.74) is 2.02. The van der Waals surface area contributed by atoms with Gasteiger partial charge in [-0.1, -0.05) is 43.5 Å². The lowest BCUT2D eigenvalue weighted by atomic mass is 10.1. The second kappa shape index (κ2) is 10.7. The molecule has 3 rings (SSSR count). The highest BCUT2D eigenvalue weighted by atomic mass is 35.5. The number of carbonyl (C=O) groups is 2. The first kappa shape index (κ1) is 23.2. The van der Waals surface area contributed by atoms with Crippen molar-refractivity contribution in [2.45, 2.75) is 38.3 Å². The number of nitrogens with two attached hydrogens (primary N) is 1. The number of nitrogens with zero attached hydrogens (tertiary/aromatic N) is 3. The van der Waals surface area contributed by atoms with Gasteiger partial charge in [-0.05, 0) is 24.6 Å². The molecule has 10 heteroatoms. The highest BCUT2D eigenvalue weighted by Crippen LogP contribution is 2.29. The Kier molecular flexibility index (Phi) is 8.03. The third-order valence-electron chi connectivity index (χ3n) is 5.31. The molecule has 168 valence electrons. The summed E-state index contributed by atoms with van der Waals surface area (Å²) in [4.78, 5) is 31.6. The molecule has 2 atom stereocenters. The SMILES string of the molecule is CCCCC1CN(CC(=O)NCC(CO)ON)C(=O)c2cc(-c3ccc(Cl)cc3)nn21. The van der Waals surface area contributed by atoms with Crippen molar-refractivity contribution < 1.29 is 19.5 Å². The average molecular weight is 450 g/mol. The number of aliphatic hydroxyl groups excluding tert-OH is 1. The van der Waals surface area contributed by atoms with Gasteiger partial charge in [0, 0.05) is 23.7 Å². The van der Waals surface area contributed by atoms with Gasteiger partial charge in [-0.3, -0.25) is 19.1 Å². The summed E-state index contributed by atoms with van der Waals surface area (Å²) in [6, 6.07) is 9.05. The third kappa shape index (κ3) is 5.62. The summed E-state index contributed by atoms with van der Waals surface area (Å²) in [6.07, 6.45) is 2.17. The second-order valence-corrected chi connectivity index (χ2v) is 8.03. The molecule has 1 aromatic carbocycles. The Morgan fingerprint density at radius 2 is 2.16 bits per heavy atom. The quantitative estimate of drug-likeness (QED) is 0.475. The van der Waals surface area contributed by atoms with E-state index in [1.807, 2.05) is 12.1 Å². The van der Waals surface area contributed by atoms with Gasteiger partial charge >= 0.3 is 0 Å². The van der Waals surface area contributed by atoms with E-state index in [2.05, 4.69) is 17.1 Å². The summed E-state index contributed by atoms with van der Waals surface area (Å²) in [5.74, 6) is 4.47. The molecule has 0 saturated carbocycles. The van der Waals surface area contributed by atoms with Crippen LogP contribution in [0.4, 0.5) is 0 Å². The molecule has 1 aliphatic rings. The Morgan fingerprint density at radius 3 is 2.81 bits per heavy atom. The fourth-order valence-electron chi connectivity index (χ4n) is 3.57. The van der Waals surface area contributed by atoms with Crippen LogP contribution in [0.25, 0.3) is 11.3 Å². The fourth-order valence-corrected chi connectivity index (χ4v) is 3.70. The number of nitrogens with one attached hydrogen (secondary N) is 1. The molecule has 2 aromatic rings. The number of rotatable bonds is 10. The zero-order chi connectivity index (χ0) is 22.4. The first-order chi connectivity index (χ1) is 15.0. The number of aromatic nitrogens is 2. The van der Waals surface area contributed by atoms with Crippen LogP contribution >= 0.6 is 11.6 Å². The number of halogens is 1. The van der Waals surface area contributed by atoms with Gasteiger partial charge in [-0.25, -0.2) is 5.90 Å². The third-order valence-corrected chi connectivity index (χ3v) is 5.56. The first-order valence-corrected chi connectivity index (χ1v) is 10.7. The number of aliphatic hydroxyl groups is 1. The highest BCUT2D eigenvalue weighted by molar-refractivity contribution is 6.30. The summed E-state index contributed by atoms with van der Waals surface area (Å²) < 4.78 is 1.79. The Bertz CT molecular complexity index is 898. The molecule has 9 nitrogen and oxygen atoms in total. The minimum absolute atomic E-state index is 0.0148. The Balaban J connectivity index is 1.79. The summed E-state index contributed by atoms with van der Waals surface area (Å²) >= 11 is 5.98. The second-order valence-electron chi connectivity index (χ2n) is 7.59. The molecule has 0 aliphatic carbocycles. The van der Waals surface area contributed by atoms with E-state index < -0.39 is 6.10 Å². The predicted octanol–water partition coefficient (Wildman–Crippen LogP) is 1.76. The number of carbonyl (C=O) groups excluding carboxylic acids is 2. The van der Waals surface area contributed by atoms with Crippen LogP contribution in [0.15, 0.2) is 30.3 Å². The topological polar surface area (TPSA) is 123 Å². The molecule has 2 unspecified atom stereocenters. The lowest BCUT2D eigenvalue weighted by Gasteiger charge is -2.33. The minimum Gasteiger partial charge on any atom is -0.394 e. The molecule has 0 saturated heterocycles. The van der Waals surface area contributed by atoms with E-state index in [0.717, 1.165) is 24.8 Å². The molecule has 2 heterocycles. The predicted molar refractivity (Wildman–Crippen MR) is 116 cm³/mol. The summed E-state index contributed by atoms with van der Waals surface area (Å²) in [7, 11) is 0. The van der Waals surface area contributed by atoms with Gasteiger partial charge in [-0.2, -0.15) is 5.10 Å². The summed E-state index contributed by atoms with van der Waals surface area (Å²) in [6.45, 7) is 2.17. The van der Waals surface area contributed by atoms with Gasteiger partial charge in [0.15, 0.2) is 0 Å². The standard InChI is InChI=1S/C21H28ClN5O4/c1-2-3-4-16-11-26(12-20(29)24-10-17(13-28)31-23)21(30)19-9-18(25-27(16)19)14-5-7-15(22)8-6-14/h5-9,16-17,28H,2-4,10-13,23H2,1H3,(H,24,29). The normalized spacial score (nSPS) is 16.8. The van der Waals surface area contributed by atoms with E-state index >= 15 is 0 Å². The molecule has 0 bridgehead atoms. The maximum absolute atomic E-state index is 13.1. The van der Waals surface area contributed by atoms with E-state index in [0.29, 0.717) is 23.0 Å². The van der Waals surface area contributed by atoms with Crippen LogP contribution in [-0.2, 0) is 9.63 Å². The van der Waals surface area contributed by atoms with Gasteiger partial charge in [-0.15, -0.1) is 0 Å². The summed E-state index contributed by atoms with van der Waals surface area (Å²) in [5, 5.41) is 17.1. The van der Waals surface area contributed by atoms with E-state index in [1.54, 1.807) is 22.9 Å². The molecule has 2 amide bonds. The zero-order valence-corrected chi connectivity index (χ0v) is 18.2. The lowest BCUT2D eigenvalue weighted by Crippen LogP contribution is -2.49. The van der Waals surface area contributed by atoms with Crippen molar-refractivity contribution in [3.05, 3.63) is 41.0 Å². The first-order valence-electron chi connectivity index (χ1n) is 10.3. The monoisotopic (exact) mass is 449 g/mol. The van der Waals surface area contributed by atoms with Crippen molar-refractivity contribution in [1.29, 1.82) is 0 Å². The van der Waals surface area contributed by atoms with E-state index in [1.165, 1.54) is 4.90 Å². The van der Waals surface area contributed by atoms with Gasteiger partial charge in [0.25, 0.3) is 5.91 Å². The molecule has 31 heavy (non-hydrogen) atoms. The fraction of sp³-hybridized carbons (Fsp3) is 0.476. The molecule has 0 spiro atoms. The maximum Gasteiger partial charge on any atom is 0.272 e. The minimum atomic E-state index is -0.693. The van der Waals surface area contributed by atoms with Crippen LogP contribution in [0.3, 0.4) is 0 Å². The van der Waals surface area contributed by atoms with Crippen LogP contribution in [0, 0.1) is 0 Å². The molecule has 1 aromatic heterocycles. The smallest absolute Gasteiger partial charge is 0.272 e. The van der Waals surface area contributed by atoms with Gasteiger partial charge in [0.2, 0.25) is 5.91 Å². The number of unbranched alkanes of at least 4 members (excludes halogenated alkanes) is 1. The Morgan fingerprint density at radius 1 is 1.42 bits per heavy atom. The van der Waals surface area contributed by atoms with Crippen molar-refractivity contribution in [3.63, 3.8) is 0 Å². The van der Waals surface area contributed by atoms with Crippen LogP contribution in [0.2, 0.25) is 5.02 Å². The number of benzene rings is 1. The van der Waals surface area contributed by atoms with E-state index in [4.69, 9.17) is 27.7 Å². The maximum atomic E-state index is 13.1. The van der Waals surface area contributed by atoms with E-state index in [9.17, 15) is 9.59 Å². The van der Waals surface area contributed by atoms with Crippen LogP contribution < -0.4 is 11.2 Å². The number of hydrogen-bond donors (Lipinski definition) is 3. The van der Waals surface area contributed by atoms with Crippen molar-refractivity contribution in [1.82, 2.24) is 20.0 Å². The number of amides is 2. The molecule has 1 aliphatic heterocycles. The van der Waals surface area contributed by atoms with Crippen molar-refractivity contribution >= 4 is 23.4 Å². The average Bonchev–Trinajstić information content (AvgIpc) is 3.22. The zero-order valence-electron chi connectivity index (χ0n) is 17.5. The molecular weight excluding hydrogens is 422 g/mol. The lowest BCUT2D eigenvalue weighted by molar-refractivity contribution is -0.122. The molecule has 0 radical (unpaired) electrons. The molecule has 0 fully saturated rings.